The Morgan fingerprint density at radius 1 is 1.09 bits per heavy atom. The van der Waals surface area contributed by atoms with Crippen LogP contribution in [-0.2, 0) is 17.1 Å². The summed E-state index contributed by atoms with van der Waals surface area (Å²) in [6, 6.07) is 20.9. The maximum atomic E-state index is 12.6. The number of sulfonamides is 1. The van der Waals surface area contributed by atoms with E-state index in [1.54, 1.807) is 17.5 Å². The quantitative estimate of drug-likeness (QED) is 0.432. The predicted molar refractivity (Wildman–Crippen MR) is 136 cm³/mol. The lowest BCUT2D eigenvalue weighted by Gasteiger charge is -2.49. The van der Waals surface area contributed by atoms with Gasteiger partial charge in [-0.1, -0.05) is 42.5 Å². The Bertz CT molecular complexity index is 1430. The Kier molecular flexibility index (Phi) is 5.56. The number of piperidine rings is 3. The van der Waals surface area contributed by atoms with Crippen LogP contribution in [0.4, 0.5) is 0 Å². The Hall–Kier alpha value is -2.52. The largest absolute Gasteiger partial charge is 0.298 e. The van der Waals surface area contributed by atoms with Crippen molar-refractivity contribution in [1.29, 1.82) is 0 Å². The Morgan fingerprint density at radius 3 is 2.71 bits per heavy atom. The van der Waals surface area contributed by atoms with Crippen molar-refractivity contribution in [3.63, 3.8) is 0 Å². The normalized spacial score (nSPS) is 24.6. The van der Waals surface area contributed by atoms with E-state index in [1.165, 1.54) is 27.8 Å². The third-order valence-corrected chi connectivity index (χ3v) is 10.3. The summed E-state index contributed by atoms with van der Waals surface area (Å²) in [7, 11) is -1.38. The number of fused-ring (bicyclic) bond motifs is 4. The monoisotopic (exact) mass is 492 g/mol. The Balaban J connectivity index is 1.18. The number of aryl methyl sites for hydroxylation is 1. The second-order valence-electron chi connectivity index (χ2n) is 9.46. The summed E-state index contributed by atoms with van der Waals surface area (Å²) in [5.41, 5.74) is 3.43. The van der Waals surface area contributed by atoms with Crippen LogP contribution in [0.5, 0.6) is 0 Å². The molecular formula is C26H28N4O2S2. The number of nitrogens with one attached hydrogen (secondary N) is 1. The van der Waals surface area contributed by atoms with E-state index in [4.69, 9.17) is 5.10 Å². The summed E-state index contributed by atoms with van der Waals surface area (Å²) >= 11 is 1.26. The molecule has 3 fully saturated rings. The van der Waals surface area contributed by atoms with Crippen LogP contribution in [0.3, 0.4) is 0 Å². The molecule has 0 amide bonds. The number of benzene rings is 2. The molecule has 3 aliphatic rings. The Labute approximate surface area is 204 Å². The van der Waals surface area contributed by atoms with Crippen LogP contribution in [0.1, 0.15) is 24.5 Å². The highest BCUT2D eigenvalue weighted by molar-refractivity contribution is 7.91. The molecule has 3 saturated heterocycles. The number of nitrogens with zero attached hydrogens (tertiary/aromatic N) is 3. The van der Waals surface area contributed by atoms with Gasteiger partial charge in [0.2, 0.25) is 10.0 Å². The van der Waals surface area contributed by atoms with Gasteiger partial charge in [-0.05, 0) is 59.7 Å². The fraction of sp³-hybridized carbons (Fsp3) is 0.346. The molecular weight excluding hydrogens is 464 g/mol. The molecule has 4 atom stereocenters. The average molecular weight is 493 g/mol. The highest BCUT2D eigenvalue weighted by Gasteiger charge is 2.42. The molecule has 1 unspecified atom stereocenters. The van der Waals surface area contributed by atoms with Gasteiger partial charge in [0.05, 0.1) is 5.69 Å². The number of thiophene rings is 1. The zero-order valence-corrected chi connectivity index (χ0v) is 20.7. The van der Waals surface area contributed by atoms with Crippen molar-refractivity contribution in [1.82, 2.24) is 19.4 Å². The molecule has 2 bridgehead atoms. The molecule has 4 aromatic rings. The van der Waals surface area contributed by atoms with Crippen LogP contribution < -0.4 is 4.72 Å². The SMILES string of the molecule is Cn1nc(-c2ccc3ccccc3c2)cc1[C@H]1CN2CC[C@H]1C[C@@H]2CNS(=O)(=O)c1cccs1. The van der Waals surface area contributed by atoms with Crippen LogP contribution in [-0.4, -0.2) is 48.8 Å². The van der Waals surface area contributed by atoms with Crippen molar-refractivity contribution in [2.75, 3.05) is 19.6 Å². The summed E-state index contributed by atoms with van der Waals surface area (Å²) in [4.78, 5) is 2.46. The molecule has 176 valence electrons. The standard InChI is InChI=1S/C26H28N4O2S2/c1-29-25(15-24(28-29)21-9-8-18-5-2-3-6-19(18)13-21)23-17-30-11-10-20(23)14-22(30)16-27-34(31,32)26-7-4-12-33-26/h2-9,12-13,15,20,22-23,27H,10-11,14,16-17H2,1H3/t20-,22+,23-/m0/s1. The lowest BCUT2D eigenvalue weighted by Crippen LogP contribution is -2.56. The van der Waals surface area contributed by atoms with Gasteiger partial charge in [0.25, 0.3) is 0 Å². The topological polar surface area (TPSA) is 67.2 Å². The van der Waals surface area contributed by atoms with Gasteiger partial charge in [-0.3, -0.25) is 9.58 Å². The molecule has 7 rings (SSSR count). The number of aromatic nitrogens is 2. The number of hydrogen-bond acceptors (Lipinski definition) is 5. The van der Waals surface area contributed by atoms with E-state index < -0.39 is 10.0 Å². The molecule has 1 N–H and O–H groups in total. The summed E-state index contributed by atoms with van der Waals surface area (Å²) in [5.74, 6) is 0.965. The van der Waals surface area contributed by atoms with Crippen LogP contribution in [0, 0.1) is 5.92 Å². The Morgan fingerprint density at radius 2 is 1.94 bits per heavy atom. The summed E-state index contributed by atoms with van der Waals surface area (Å²) < 4.78 is 30.4. The van der Waals surface area contributed by atoms with Gasteiger partial charge < -0.3 is 0 Å². The van der Waals surface area contributed by atoms with Crippen molar-refractivity contribution in [3.8, 4) is 11.3 Å². The molecule has 3 aliphatic heterocycles. The van der Waals surface area contributed by atoms with Gasteiger partial charge >= 0.3 is 0 Å². The van der Waals surface area contributed by atoms with E-state index in [2.05, 4.69) is 58.2 Å². The van der Waals surface area contributed by atoms with Crippen molar-refractivity contribution in [2.24, 2.45) is 13.0 Å². The second-order valence-corrected chi connectivity index (χ2v) is 12.4. The first kappa shape index (κ1) is 22.0. The first-order valence-corrected chi connectivity index (χ1v) is 14.1. The van der Waals surface area contributed by atoms with Crippen LogP contribution in [0.2, 0.25) is 0 Å². The summed E-state index contributed by atoms with van der Waals surface area (Å²) in [6.07, 6.45) is 2.16. The third kappa shape index (κ3) is 3.98. The first-order valence-electron chi connectivity index (χ1n) is 11.8. The lowest BCUT2D eigenvalue weighted by atomic mass is 9.74. The van der Waals surface area contributed by atoms with E-state index >= 15 is 0 Å². The first-order chi connectivity index (χ1) is 16.5. The number of rotatable bonds is 6. The predicted octanol–water partition coefficient (Wildman–Crippen LogP) is 4.46. The van der Waals surface area contributed by atoms with Gasteiger partial charge in [-0.25, -0.2) is 13.1 Å². The minimum Gasteiger partial charge on any atom is -0.298 e. The van der Waals surface area contributed by atoms with E-state index in [0.717, 1.165) is 37.2 Å². The molecule has 8 heteroatoms. The molecule has 0 spiro atoms. The van der Waals surface area contributed by atoms with Gasteiger partial charge in [-0.2, -0.15) is 5.10 Å². The van der Waals surface area contributed by atoms with E-state index in [-0.39, 0.29) is 6.04 Å². The minimum absolute atomic E-state index is 0.248. The molecule has 0 saturated carbocycles. The van der Waals surface area contributed by atoms with Crippen molar-refractivity contribution in [3.05, 3.63) is 71.7 Å². The third-order valence-electron chi connectivity index (χ3n) is 7.49. The molecule has 6 nitrogen and oxygen atoms in total. The fourth-order valence-corrected chi connectivity index (χ4v) is 7.81. The van der Waals surface area contributed by atoms with Crippen molar-refractivity contribution < 1.29 is 8.42 Å². The van der Waals surface area contributed by atoms with Crippen LogP contribution >= 0.6 is 11.3 Å². The van der Waals surface area contributed by atoms with Crippen LogP contribution in [0.15, 0.2) is 70.3 Å². The summed E-state index contributed by atoms with van der Waals surface area (Å²) in [5, 5.41) is 9.13. The summed E-state index contributed by atoms with van der Waals surface area (Å²) in [6.45, 7) is 2.45. The van der Waals surface area contributed by atoms with Crippen molar-refractivity contribution in [2.45, 2.75) is 29.0 Å². The molecule has 2 aromatic heterocycles. The van der Waals surface area contributed by atoms with Gasteiger partial charge in [0.15, 0.2) is 0 Å². The van der Waals surface area contributed by atoms with Crippen LogP contribution in [0.25, 0.3) is 22.0 Å². The average Bonchev–Trinajstić information content (AvgIpc) is 3.54. The van der Waals surface area contributed by atoms with E-state index in [1.807, 2.05) is 11.7 Å². The van der Waals surface area contributed by atoms with E-state index in [9.17, 15) is 8.42 Å². The zero-order chi connectivity index (χ0) is 23.3. The minimum atomic E-state index is -3.42. The van der Waals surface area contributed by atoms with Gasteiger partial charge in [0.1, 0.15) is 4.21 Å². The smallest absolute Gasteiger partial charge is 0.250 e. The zero-order valence-electron chi connectivity index (χ0n) is 19.1. The highest BCUT2D eigenvalue weighted by Crippen LogP contribution is 2.42. The molecule has 0 radical (unpaired) electrons. The molecule has 34 heavy (non-hydrogen) atoms. The fourth-order valence-electron chi connectivity index (χ4n) is 5.70. The lowest BCUT2D eigenvalue weighted by molar-refractivity contribution is 0.0306. The second kappa shape index (κ2) is 8.61. The van der Waals surface area contributed by atoms with E-state index in [0.29, 0.717) is 22.6 Å². The highest BCUT2D eigenvalue weighted by atomic mass is 32.2. The molecule has 5 heterocycles. The molecule has 2 aromatic carbocycles. The maximum Gasteiger partial charge on any atom is 0.250 e. The molecule has 0 aliphatic carbocycles. The van der Waals surface area contributed by atoms with Gasteiger partial charge in [0, 0.05) is 43.4 Å². The maximum absolute atomic E-state index is 12.6. The number of hydrogen-bond donors (Lipinski definition) is 1. The van der Waals surface area contributed by atoms with Gasteiger partial charge in [-0.15, -0.1) is 11.3 Å². The van der Waals surface area contributed by atoms with Crippen molar-refractivity contribution >= 4 is 32.1 Å².